The zero-order valence-electron chi connectivity index (χ0n) is 30.8. The molecule has 9 heteroatoms. The molecule has 0 spiro atoms. The number of phosphoric ester groups is 1. The maximum atomic E-state index is 12.5. The largest absolute Gasteiger partial charge is 0.472 e. The van der Waals surface area contributed by atoms with Gasteiger partial charge in [0, 0.05) is 13.0 Å². The highest BCUT2D eigenvalue weighted by molar-refractivity contribution is 7.47. The molecule has 274 valence electrons. The minimum absolute atomic E-state index is 0.0902. The molecular weight excluding hydrogens is 601 g/mol. The van der Waals surface area contributed by atoms with Gasteiger partial charge in [0.05, 0.1) is 34.4 Å². The van der Waals surface area contributed by atoms with E-state index in [1.165, 1.54) is 109 Å². The first-order chi connectivity index (χ1) is 22.1. The van der Waals surface area contributed by atoms with Crippen molar-refractivity contribution in [3.63, 3.8) is 0 Å². The molecule has 0 aliphatic rings. The molecule has 0 saturated heterocycles. The number of ether oxygens (including phenoxy) is 2. The maximum absolute atomic E-state index is 12.5. The summed E-state index contributed by atoms with van der Waals surface area (Å²) in [6.07, 6.45) is 31.2. The first-order valence-corrected chi connectivity index (χ1v) is 20.4. The van der Waals surface area contributed by atoms with Crippen molar-refractivity contribution < 1.29 is 37.3 Å². The second kappa shape index (κ2) is 31.5. The molecular formula is C37H75NO7P+. The van der Waals surface area contributed by atoms with E-state index in [0.717, 1.165) is 32.1 Å². The number of rotatable bonds is 35. The van der Waals surface area contributed by atoms with Gasteiger partial charge in [-0.25, -0.2) is 4.57 Å². The number of unbranched alkanes of at least 4 members (excludes halogenated alkanes) is 19. The monoisotopic (exact) mass is 677 g/mol. The van der Waals surface area contributed by atoms with Crippen molar-refractivity contribution in [1.29, 1.82) is 0 Å². The molecule has 46 heavy (non-hydrogen) atoms. The van der Waals surface area contributed by atoms with Gasteiger partial charge in [0.15, 0.2) is 0 Å². The van der Waals surface area contributed by atoms with Gasteiger partial charge in [0.25, 0.3) is 0 Å². The number of hydrogen-bond donors (Lipinski definition) is 1. The van der Waals surface area contributed by atoms with Crippen molar-refractivity contribution in [3.8, 4) is 0 Å². The lowest BCUT2D eigenvalue weighted by Crippen LogP contribution is -2.37. The minimum atomic E-state index is -4.25. The molecule has 0 aliphatic heterocycles. The predicted molar refractivity (Wildman–Crippen MR) is 192 cm³/mol. The molecule has 0 amide bonds. The van der Waals surface area contributed by atoms with Gasteiger partial charge in [-0.1, -0.05) is 129 Å². The van der Waals surface area contributed by atoms with E-state index in [1.54, 1.807) is 0 Å². The van der Waals surface area contributed by atoms with E-state index >= 15 is 0 Å². The summed E-state index contributed by atoms with van der Waals surface area (Å²) in [6.45, 7) is 5.56. The second-order valence-corrected chi connectivity index (χ2v) is 15.4. The Morgan fingerprint density at radius 2 is 1.13 bits per heavy atom. The SMILES string of the molecule is CCCCCCCC/C=C\CCCCCCCCCCOCC(COP(=O)(O)OCC[N+](C)(C)C)OC(=O)CCCCCCCC. The Kier molecular flexibility index (Phi) is 31.0. The molecule has 0 heterocycles. The molecule has 0 aromatic heterocycles. The van der Waals surface area contributed by atoms with Gasteiger partial charge in [-0.3, -0.25) is 13.8 Å². The Balaban J connectivity index is 4.11. The molecule has 0 bridgehead atoms. The average Bonchev–Trinajstić information content (AvgIpc) is 2.99. The van der Waals surface area contributed by atoms with E-state index in [9.17, 15) is 14.3 Å². The number of esters is 1. The van der Waals surface area contributed by atoms with Gasteiger partial charge in [0.2, 0.25) is 0 Å². The van der Waals surface area contributed by atoms with Crippen LogP contribution in [0.4, 0.5) is 0 Å². The smallest absolute Gasteiger partial charge is 0.457 e. The van der Waals surface area contributed by atoms with Crippen LogP contribution in [0, 0.1) is 0 Å². The van der Waals surface area contributed by atoms with Gasteiger partial charge < -0.3 is 18.9 Å². The molecule has 0 fully saturated rings. The number of carbonyl (C=O) groups is 1. The Bertz CT molecular complexity index is 756. The highest BCUT2D eigenvalue weighted by atomic mass is 31.2. The summed E-state index contributed by atoms with van der Waals surface area (Å²) >= 11 is 0. The Labute approximate surface area is 284 Å². The van der Waals surface area contributed by atoms with E-state index in [0.29, 0.717) is 24.1 Å². The van der Waals surface area contributed by atoms with Crippen LogP contribution in [0.1, 0.15) is 162 Å². The highest BCUT2D eigenvalue weighted by Crippen LogP contribution is 2.43. The van der Waals surface area contributed by atoms with Crippen LogP contribution in [0.5, 0.6) is 0 Å². The normalized spacial score (nSPS) is 14.1. The summed E-state index contributed by atoms with van der Waals surface area (Å²) in [5.74, 6) is -0.324. The lowest BCUT2D eigenvalue weighted by atomic mass is 10.1. The zero-order valence-corrected chi connectivity index (χ0v) is 31.7. The summed E-state index contributed by atoms with van der Waals surface area (Å²) in [6, 6.07) is 0. The molecule has 1 N–H and O–H groups in total. The van der Waals surface area contributed by atoms with Crippen LogP contribution in [-0.2, 0) is 27.9 Å². The maximum Gasteiger partial charge on any atom is 0.472 e. The summed E-state index contributed by atoms with van der Waals surface area (Å²) in [4.78, 5) is 22.6. The second-order valence-electron chi connectivity index (χ2n) is 14.0. The zero-order chi connectivity index (χ0) is 34.2. The molecule has 0 saturated carbocycles. The molecule has 0 aliphatic carbocycles. The number of phosphoric acid groups is 1. The van der Waals surface area contributed by atoms with Gasteiger partial charge in [-0.05, 0) is 38.5 Å². The van der Waals surface area contributed by atoms with Gasteiger partial charge in [-0.2, -0.15) is 0 Å². The van der Waals surface area contributed by atoms with Gasteiger partial charge in [-0.15, -0.1) is 0 Å². The van der Waals surface area contributed by atoms with Crippen molar-refractivity contribution in [1.82, 2.24) is 0 Å². The average molecular weight is 677 g/mol. The van der Waals surface area contributed by atoms with Crippen LogP contribution in [0.3, 0.4) is 0 Å². The first kappa shape index (κ1) is 45.2. The number of nitrogens with zero attached hydrogens (tertiary/aromatic N) is 1. The lowest BCUT2D eigenvalue weighted by Gasteiger charge is -2.24. The molecule has 2 unspecified atom stereocenters. The van der Waals surface area contributed by atoms with E-state index in [-0.39, 0.29) is 25.8 Å². The Hall–Kier alpha value is -0.760. The summed E-state index contributed by atoms with van der Waals surface area (Å²) in [5, 5.41) is 0. The fourth-order valence-electron chi connectivity index (χ4n) is 5.08. The van der Waals surface area contributed by atoms with E-state index in [1.807, 2.05) is 21.1 Å². The highest BCUT2D eigenvalue weighted by Gasteiger charge is 2.26. The summed E-state index contributed by atoms with van der Waals surface area (Å²) in [7, 11) is 1.67. The van der Waals surface area contributed by atoms with Crippen molar-refractivity contribution in [2.24, 2.45) is 0 Å². The number of quaternary nitrogens is 1. The van der Waals surface area contributed by atoms with Crippen LogP contribution in [-0.4, -0.2) is 75.6 Å². The van der Waals surface area contributed by atoms with E-state index < -0.39 is 13.9 Å². The Morgan fingerprint density at radius 3 is 1.65 bits per heavy atom. The minimum Gasteiger partial charge on any atom is -0.457 e. The fourth-order valence-corrected chi connectivity index (χ4v) is 5.82. The number of likely N-dealkylation sites (N-methyl/N-ethyl adjacent to an activating group) is 1. The third-order valence-corrected chi connectivity index (χ3v) is 9.06. The number of hydrogen-bond acceptors (Lipinski definition) is 6. The molecule has 0 radical (unpaired) electrons. The number of allylic oxidation sites excluding steroid dienone is 2. The first-order valence-electron chi connectivity index (χ1n) is 18.9. The van der Waals surface area contributed by atoms with Crippen molar-refractivity contribution in [2.45, 2.75) is 168 Å². The van der Waals surface area contributed by atoms with Crippen molar-refractivity contribution >= 4 is 13.8 Å². The Morgan fingerprint density at radius 1 is 0.652 bits per heavy atom. The van der Waals surface area contributed by atoms with Crippen LogP contribution in [0.15, 0.2) is 12.2 Å². The summed E-state index contributed by atoms with van der Waals surface area (Å²) < 4.78 is 34.7. The fraction of sp³-hybridized carbons (Fsp3) is 0.919. The quantitative estimate of drug-likeness (QED) is 0.0235. The number of carbonyl (C=O) groups excluding carboxylic acids is 1. The van der Waals surface area contributed by atoms with Crippen molar-refractivity contribution in [3.05, 3.63) is 12.2 Å². The molecule has 0 rings (SSSR count). The van der Waals surface area contributed by atoms with E-state index in [2.05, 4.69) is 26.0 Å². The van der Waals surface area contributed by atoms with Crippen LogP contribution < -0.4 is 0 Å². The van der Waals surface area contributed by atoms with E-state index in [4.69, 9.17) is 18.5 Å². The lowest BCUT2D eigenvalue weighted by molar-refractivity contribution is -0.870. The molecule has 2 atom stereocenters. The standard InChI is InChI=1S/C37H74NO7P/c1-6-8-10-12-14-15-16-17-18-19-20-21-22-23-24-25-27-29-32-42-34-36(45-37(39)30-28-26-13-11-9-7-2)35-44-46(40,41)43-33-31-38(3,4)5/h17-18,36H,6-16,19-35H2,1-5H3/p+1/b18-17-. The third-order valence-electron chi connectivity index (χ3n) is 8.08. The predicted octanol–water partition coefficient (Wildman–Crippen LogP) is 10.3. The topological polar surface area (TPSA) is 91.3 Å². The molecule has 0 aromatic carbocycles. The molecule has 0 aromatic rings. The summed E-state index contributed by atoms with van der Waals surface area (Å²) in [5.41, 5.74) is 0. The van der Waals surface area contributed by atoms with Gasteiger partial charge >= 0.3 is 13.8 Å². The van der Waals surface area contributed by atoms with Crippen LogP contribution in [0.25, 0.3) is 0 Å². The van der Waals surface area contributed by atoms with Gasteiger partial charge in [0.1, 0.15) is 19.3 Å². The van der Waals surface area contributed by atoms with Crippen LogP contribution >= 0.6 is 7.82 Å². The third kappa shape index (κ3) is 34.6. The molecule has 8 nitrogen and oxygen atoms in total. The van der Waals surface area contributed by atoms with Crippen LogP contribution in [0.2, 0.25) is 0 Å². The van der Waals surface area contributed by atoms with Crippen molar-refractivity contribution in [2.75, 3.05) is 54.1 Å².